The molecule has 5 heteroatoms. The van der Waals surface area contributed by atoms with E-state index in [1.807, 2.05) is 0 Å². The maximum Gasteiger partial charge on any atom is 0.291 e. The van der Waals surface area contributed by atoms with Crippen molar-refractivity contribution in [1.82, 2.24) is 9.97 Å². The molecule has 1 aromatic rings. The zero-order valence-electron chi connectivity index (χ0n) is 13.1. The minimum Gasteiger partial charge on any atom is -0.352 e. The standard InChI is InChI=1S/C16H26N4O/c1-11(2)12-10-18-14(15(21)19-12)20-8-6-16(7-9-20)5-3-4-13(16)17/h10-11,13H,3-9,17H2,1-2H3,(H,19,21)/t13-/m0/s1. The van der Waals surface area contributed by atoms with Crippen LogP contribution in [0, 0.1) is 5.41 Å². The highest BCUT2D eigenvalue weighted by atomic mass is 16.1. The molecule has 1 saturated carbocycles. The summed E-state index contributed by atoms with van der Waals surface area (Å²) in [6.45, 7) is 5.90. The average Bonchev–Trinajstić information content (AvgIpc) is 2.81. The van der Waals surface area contributed by atoms with Gasteiger partial charge in [-0.1, -0.05) is 20.3 Å². The molecule has 1 aromatic heterocycles. The van der Waals surface area contributed by atoms with Gasteiger partial charge in [0.05, 0.1) is 0 Å². The molecule has 1 spiro atoms. The summed E-state index contributed by atoms with van der Waals surface area (Å²) in [5.41, 5.74) is 7.47. The van der Waals surface area contributed by atoms with Crippen LogP contribution in [-0.4, -0.2) is 29.1 Å². The Balaban J connectivity index is 1.74. The summed E-state index contributed by atoms with van der Waals surface area (Å²) >= 11 is 0. The molecule has 0 aromatic carbocycles. The Morgan fingerprint density at radius 3 is 2.62 bits per heavy atom. The van der Waals surface area contributed by atoms with Gasteiger partial charge in [0.1, 0.15) is 0 Å². The van der Waals surface area contributed by atoms with E-state index in [1.54, 1.807) is 6.20 Å². The molecule has 21 heavy (non-hydrogen) atoms. The van der Waals surface area contributed by atoms with E-state index in [0.717, 1.165) is 38.0 Å². The zero-order chi connectivity index (χ0) is 15.0. The number of hydrogen-bond acceptors (Lipinski definition) is 4. The number of aromatic nitrogens is 2. The van der Waals surface area contributed by atoms with Crippen molar-refractivity contribution in [2.75, 3.05) is 18.0 Å². The number of piperidine rings is 1. The van der Waals surface area contributed by atoms with Crippen LogP contribution in [-0.2, 0) is 0 Å². The molecule has 0 unspecified atom stereocenters. The van der Waals surface area contributed by atoms with Gasteiger partial charge in [0, 0.05) is 31.0 Å². The van der Waals surface area contributed by atoms with Gasteiger partial charge in [-0.05, 0) is 37.0 Å². The summed E-state index contributed by atoms with van der Waals surface area (Å²) in [7, 11) is 0. The van der Waals surface area contributed by atoms with Crippen LogP contribution in [0.5, 0.6) is 0 Å². The minimum absolute atomic E-state index is 0.0622. The van der Waals surface area contributed by atoms with E-state index in [2.05, 4.69) is 28.7 Å². The Labute approximate surface area is 125 Å². The second-order valence-electron chi connectivity index (χ2n) is 6.99. The number of H-pyrrole nitrogens is 1. The normalized spacial score (nSPS) is 25.0. The number of anilines is 1. The number of hydrogen-bond donors (Lipinski definition) is 2. The van der Waals surface area contributed by atoms with E-state index < -0.39 is 0 Å². The van der Waals surface area contributed by atoms with Crippen LogP contribution in [0.2, 0.25) is 0 Å². The molecule has 3 rings (SSSR count). The highest BCUT2D eigenvalue weighted by molar-refractivity contribution is 5.37. The van der Waals surface area contributed by atoms with Crippen LogP contribution < -0.4 is 16.2 Å². The van der Waals surface area contributed by atoms with Gasteiger partial charge >= 0.3 is 0 Å². The van der Waals surface area contributed by atoms with Crippen molar-refractivity contribution in [3.8, 4) is 0 Å². The topological polar surface area (TPSA) is 75.0 Å². The fraction of sp³-hybridized carbons (Fsp3) is 0.750. The molecule has 2 aliphatic rings. The van der Waals surface area contributed by atoms with Gasteiger partial charge in [0.15, 0.2) is 5.82 Å². The van der Waals surface area contributed by atoms with E-state index in [4.69, 9.17) is 5.73 Å². The van der Waals surface area contributed by atoms with E-state index in [1.165, 1.54) is 12.8 Å². The maximum atomic E-state index is 12.2. The van der Waals surface area contributed by atoms with Gasteiger partial charge in [-0.15, -0.1) is 0 Å². The third-order valence-corrected chi connectivity index (χ3v) is 5.44. The first-order chi connectivity index (χ1) is 10.0. The second kappa shape index (κ2) is 5.44. The molecule has 2 fully saturated rings. The molecule has 0 radical (unpaired) electrons. The monoisotopic (exact) mass is 290 g/mol. The summed E-state index contributed by atoms with van der Waals surface area (Å²) in [5.74, 6) is 0.862. The Bertz CT molecular complexity index is 558. The quantitative estimate of drug-likeness (QED) is 0.873. The number of rotatable bonds is 2. The third kappa shape index (κ3) is 2.59. The van der Waals surface area contributed by atoms with Crippen LogP contribution in [0.15, 0.2) is 11.0 Å². The van der Waals surface area contributed by atoms with Gasteiger partial charge < -0.3 is 15.6 Å². The van der Waals surface area contributed by atoms with Crippen molar-refractivity contribution >= 4 is 5.82 Å². The van der Waals surface area contributed by atoms with Crippen LogP contribution >= 0.6 is 0 Å². The van der Waals surface area contributed by atoms with E-state index in [0.29, 0.717) is 23.2 Å². The fourth-order valence-electron chi connectivity index (χ4n) is 3.88. The van der Waals surface area contributed by atoms with Gasteiger partial charge in [-0.3, -0.25) is 4.79 Å². The highest BCUT2D eigenvalue weighted by Gasteiger charge is 2.43. The Hall–Kier alpha value is -1.36. The molecule has 0 amide bonds. The molecule has 1 aliphatic carbocycles. The summed E-state index contributed by atoms with van der Waals surface area (Å²) in [4.78, 5) is 21.7. The number of aromatic amines is 1. The molecule has 3 N–H and O–H groups in total. The lowest BCUT2D eigenvalue weighted by Crippen LogP contribution is -2.48. The summed E-state index contributed by atoms with van der Waals surface area (Å²) in [6, 6.07) is 0.342. The lowest BCUT2D eigenvalue weighted by molar-refractivity contribution is 0.197. The van der Waals surface area contributed by atoms with Crippen molar-refractivity contribution < 1.29 is 0 Å². The van der Waals surface area contributed by atoms with E-state index in [9.17, 15) is 4.79 Å². The Morgan fingerprint density at radius 1 is 1.38 bits per heavy atom. The third-order valence-electron chi connectivity index (χ3n) is 5.44. The largest absolute Gasteiger partial charge is 0.352 e. The maximum absolute atomic E-state index is 12.2. The summed E-state index contributed by atoms with van der Waals surface area (Å²) in [6.07, 6.45) is 7.62. The molecule has 5 nitrogen and oxygen atoms in total. The first-order valence-corrected chi connectivity index (χ1v) is 8.11. The Morgan fingerprint density at radius 2 is 2.10 bits per heavy atom. The predicted molar refractivity (Wildman–Crippen MR) is 84.7 cm³/mol. The molecule has 1 atom stereocenters. The van der Waals surface area contributed by atoms with Gasteiger partial charge in [0.25, 0.3) is 5.56 Å². The lowest BCUT2D eigenvalue weighted by Gasteiger charge is -2.42. The first kappa shape index (κ1) is 14.6. The van der Waals surface area contributed by atoms with Crippen LogP contribution in [0.4, 0.5) is 5.82 Å². The molecule has 0 bridgehead atoms. The van der Waals surface area contributed by atoms with Crippen LogP contribution in [0.25, 0.3) is 0 Å². The molecule has 1 saturated heterocycles. The lowest BCUT2D eigenvalue weighted by atomic mass is 9.74. The minimum atomic E-state index is -0.0622. The van der Waals surface area contributed by atoms with Crippen molar-refractivity contribution in [1.29, 1.82) is 0 Å². The molecular weight excluding hydrogens is 264 g/mol. The van der Waals surface area contributed by atoms with E-state index in [-0.39, 0.29) is 5.56 Å². The molecular formula is C16H26N4O. The number of nitrogens with zero attached hydrogens (tertiary/aromatic N) is 2. The van der Waals surface area contributed by atoms with Crippen molar-refractivity contribution in [2.24, 2.45) is 11.1 Å². The zero-order valence-corrected chi connectivity index (χ0v) is 13.1. The van der Waals surface area contributed by atoms with Crippen LogP contribution in [0.3, 0.4) is 0 Å². The Kier molecular flexibility index (Phi) is 3.78. The van der Waals surface area contributed by atoms with E-state index >= 15 is 0 Å². The molecule has 2 heterocycles. The second-order valence-corrected chi connectivity index (χ2v) is 6.99. The smallest absolute Gasteiger partial charge is 0.291 e. The number of nitrogens with two attached hydrogens (primary N) is 1. The van der Waals surface area contributed by atoms with Crippen molar-refractivity contribution in [3.05, 3.63) is 22.2 Å². The molecule has 116 valence electrons. The average molecular weight is 290 g/mol. The first-order valence-electron chi connectivity index (χ1n) is 8.11. The van der Waals surface area contributed by atoms with Crippen LogP contribution in [0.1, 0.15) is 57.6 Å². The van der Waals surface area contributed by atoms with Gasteiger partial charge in [-0.25, -0.2) is 4.98 Å². The number of nitrogens with one attached hydrogen (secondary N) is 1. The SMILES string of the molecule is CC(C)c1cnc(N2CCC3(CCC[C@@H]3N)CC2)c(=O)[nH]1. The van der Waals surface area contributed by atoms with Crippen molar-refractivity contribution in [2.45, 2.75) is 57.9 Å². The van der Waals surface area contributed by atoms with Gasteiger partial charge in [0.2, 0.25) is 0 Å². The summed E-state index contributed by atoms with van der Waals surface area (Å²) < 4.78 is 0. The predicted octanol–water partition coefficient (Wildman–Crippen LogP) is 1.99. The fourth-order valence-corrected chi connectivity index (χ4v) is 3.88. The van der Waals surface area contributed by atoms with Crippen molar-refractivity contribution in [3.63, 3.8) is 0 Å². The summed E-state index contributed by atoms with van der Waals surface area (Å²) in [5, 5.41) is 0. The highest BCUT2D eigenvalue weighted by Crippen LogP contribution is 2.45. The molecule has 1 aliphatic heterocycles. The van der Waals surface area contributed by atoms with Gasteiger partial charge in [-0.2, -0.15) is 0 Å².